The van der Waals surface area contributed by atoms with Crippen LogP contribution in [-0.2, 0) is 4.79 Å². The van der Waals surface area contributed by atoms with Crippen molar-refractivity contribution in [3.8, 4) is 23.0 Å². The van der Waals surface area contributed by atoms with Gasteiger partial charge in [0.1, 0.15) is 11.6 Å². The summed E-state index contributed by atoms with van der Waals surface area (Å²) in [6.07, 6.45) is 5.43. The lowest BCUT2D eigenvalue weighted by Crippen LogP contribution is -2.38. The number of hydrogen-bond donors (Lipinski definition) is 0. The summed E-state index contributed by atoms with van der Waals surface area (Å²) in [5.41, 5.74) is 3.28. The maximum atomic E-state index is 13.0. The van der Waals surface area contributed by atoms with E-state index in [-0.39, 0.29) is 11.5 Å². The third-order valence-electron chi connectivity index (χ3n) is 5.60. The first kappa shape index (κ1) is 20.9. The Bertz CT molecular complexity index is 1130. The van der Waals surface area contributed by atoms with Crippen molar-refractivity contribution in [1.29, 1.82) is 5.26 Å². The number of benzene rings is 2. The highest BCUT2D eigenvalue weighted by Gasteiger charge is 2.24. The summed E-state index contributed by atoms with van der Waals surface area (Å²) in [5.74, 6) is 0.392. The average Bonchev–Trinajstić information content (AvgIpc) is 3.22. The van der Waals surface area contributed by atoms with E-state index in [0.29, 0.717) is 35.3 Å². The Balaban J connectivity index is 1.74. The van der Waals surface area contributed by atoms with Gasteiger partial charge in [0.05, 0.1) is 11.4 Å². The Morgan fingerprint density at radius 2 is 1.81 bits per heavy atom. The Labute approximate surface area is 187 Å². The predicted molar refractivity (Wildman–Crippen MR) is 123 cm³/mol. The van der Waals surface area contributed by atoms with Gasteiger partial charge in [0.2, 0.25) is 0 Å². The smallest absolute Gasteiger partial charge is 0.264 e. The number of hydrogen-bond acceptors (Lipinski definition) is 3. The predicted octanol–water partition coefficient (Wildman–Crippen LogP) is 5.36. The fourth-order valence-corrected chi connectivity index (χ4v) is 3.84. The zero-order chi connectivity index (χ0) is 21.8. The molecule has 0 N–H and O–H groups in total. The number of amides is 1. The normalized spacial score (nSPS) is 15.0. The van der Waals surface area contributed by atoms with E-state index in [9.17, 15) is 10.1 Å². The maximum absolute atomic E-state index is 13.0. The topological polar surface area (TPSA) is 61.9 Å². The minimum Gasteiger partial charge on any atom is -0.338 e. The van der Waals surface area contributed by atoms with Crippen molar-refractivity contribution in [2.24, 2.45) is 5.92 Å². The lowest BCUT2D eigenvalue weighted by molar-refractivity contribution is -0.127. The van der Waals surface area contributed by atoms with Crippen LogP contribution in [0.4, 0.5) is 0 Å². The molecule has 3 aromatic rings. The van der Waals surface area contributed by atoms with Crippen LogP contribution >= 0.6 is 11.6 Å². The quantitative estimate of drug-likeness (QED) is 0.413. The zero-order valence-corrected chi connectivity index (χ0v) is 18.1. The number of rotatable bonds is 4. The largest absolute Gasteiger partial charge is 0.338 e. The van der Waals surface area contributed by atoms with Crippen molar-refractivity contribution < 1.29 is 4.79 Å². The fourth-order valence-electron chi connectivity index (χ4n) is 3.72. The molecular formula is C25H23ClN4O. The van der Waals surface area contributed by atoms with Gasteiger partial charge in [0, 0.05) is 35.4 Å². The number of carbonyl (C=O) groups excluding carboxylic acids is 1. The number of aromatic nitrogens is 2. The van der Waals surface area contributed by atoms with Gasteiger partial charge in [-0.3, -0.25) is 4.79 Å². The van der Waals surface area contributed by atoms with Crippen LogP contribution in [0.3, 0.4) is 0 Å². The van der Waals surface area contributed by atoms with Gasteiger partial charge in [-0.1, -0.05) is 48.9 Å². The van der Waals surface area contributed by atoms with Crippen LogP contribution in [0.5, 0.6) is 0 Å². The number of nitrogens with zero attached hydrogens (tertiary/aromatic N) is 4. The SMILES string of the molecule is CC1CCN(C(=O)/C(C#N)=C\c2cn(-c3ccccc3)nc2-c2ccc(Cl)cc2)CC1. The Morgan fingerprint density at radius 3 is 2.45 bits per heavy atom. The average molecular weight is 431 g/mol. The molecule has 1 aromatic heterocycles. The molecule has 5 nitrogen and oxygen atoms in total. The third kappa shape index (κ3) is 4.70. The van der Waals surface area contributed by atoms with E-state index in [4.69, 9.17) is 16.7 Å². The summed E-state index contributed by atoms with van der Waals surface area (Å²) in [4.78, 5) is 14.8. The van der Waals surface area contributed by atoms with Crippen molar-refractivity contribution in [3.05, 3.63) is 77.0 Å². The zero-order valence-electron chi connectivity index (χ0n) is 17.3. The summed E-state index contributed by atoms with van der Waals surface area (Å²) >= 11 is 6.05. The van der Waals surface area contributed by atoms with Crippen LogP contribution in [0.2, 0.25) is 5.02 Å². The maximum Gasteiger partial charge on any atom is 0.264 e. The molecule has 0 atom stereocenters. The van der Waals surface area contributed by atoms with Crippen molar-refractivity contribution in [2.75, 3.05) is 13.1 Å². The number of para-hydroxylation sites is 1. The molecule has 4 rings (SSSR count). The minimum atomic E-state index is -0.219. The van der Waals surface area contributed by atoms with E-state index in [1.807, 2.05) is 48.7 Å². The molecule has 31 heavy (non-hydrogen) atoms. The van der Waals surface area contributed by atoms with Gasteiger partial charge < -0.3 is 4.90 Å². The van der Waals surface area contributed by atoms with Crippen LogP contribution < -0.4 is 0 Å². The van der Waals surface area contributed by atoms with Crippen molar-refractivity contribution in [1.82, 2.24) is 14.7 Å². The van der Waals surface area contributed by atoms with Gasteiger partial charge in [-0.15, -0.1) is 0 Å². The number of piperidine rings is 1. The van der Waals surface area contributed by atoms with Gasteiger partial charge in [0.15, 0.2) is 0 Å². The first-order chi connectivity index (χ1) is 15.0. The van der Waals surface area contributed by atoms with Crippen LogP contribution in [0, 0.1) is 17.2 Å². The molecule has 0 unspecified atom stereocenters. The molecule has 156 valence electrons. The highest BCUT2D eigenvalue weighted by atomic mass is 35.5. The number of carbonyl (C=O) groups is 1. The molecule has 1 saturated heterocycles. The second-order valence-electron chi connectivity index (χ2n) is 7.86. The molecule has 1 fully saturated rings. The van der Waals surface area contributed by atoms with Crippen LogP contribution in [0.25, 0.3) is 23.0 Å². The monoisotopic (exact) mass is 430 g/mol. The molecule has 0 saturated carbocycles. The Morgan fingerprint density at radius 1 is 1.13 bits per heavy atom. The second kappa shape index (κ2) is 9.20. The van der Waals surface area contributed by atoms with Crippen LogP contribution in [-0.4, -0.2) is 33.7 Å². The lowest BCUT2D eigenvalue weighted by Gasteiger charge is -2.30. The second-order valence-corrected chi connectivity index (χ2v) is 8.30. The third-order valence-corrected chi connectivity index (χ3v) is 5.85. The van der Waals surface area contributed by atoms with E-state index in [1.165, 1.54) is 0 Å². The highest BCUT2D eigenvalue weighted by Crippen LogP contribution is 2.27. The van der Waals surface area contributed by atoms with E-state index in [0.717, 1.165) is 24.1 Å². The summed E-state index contributed by atoms with van der Waals surface area (Å²) in [5, 5.41) is 15.1. The van der Waals surface area contributed by atoms with Crippen molar-refractivity contribution >= 4 is 23.6 Å². The van der Waals surface area contributed by atoms with Gasteiger partial charge in [0.25, 0.3) is 5.91 Å². The number of halogens is 1. The van der Waals surface area contributed by atoms with Crippen molar-refractivity contribution in [2.45, 2.75) is 19.8 Å². The van der Waals surface area contributed by atoms with Crippen LogP contribution in [0.15, 0.2) is 66.4 Å². The molecule has 2 aromatic carbocycles. The molecule has 1 aliphatic rings. The first-order valence-corrected chi connectivity index (χ1v) is 10.7. The minimum absolute atomic E-state index is 0.123. The Hall–Kier alpha value is -3.36. The van der Waals surface area contributed by atoms with Crippen LogP contribution in [0.1, 0.15) is 25.3 Å². The molecule has 0 spiro atoms. The van der Waals surface area contributed by atoms with E-state index < -0.39 is 0 Å². The van der Waals surface area contributed by atoms with Gasteiger partial charge in [-0.25, -0.2) is 4.68 Å². The summed E-state index contributed by atoms with van der Waals surface area (Å²) in [6.45, 7) is 3.57. The molecular weight excluding hydrogens is 408 g/mol. The van der Waals surface area contributed by atoms with Gasteiger partial charge in [-0.2, -0.15) is 10.4 Å². The lowest BCUT2D eigenvalue weighted by atomic mass is 9.98. The first-order valence-electron chi connectivity index (χ1n) is 10.4. The van der Waals surface area contributed by atoms with E-state index >= 15 is 0 Å². The summed E-state index contributed by atoms with van der Waals surface area (Å²) in [6, 6.07) is 19.2. The Kier molecular flexibility index (Phi) is 6.20. The fraction of sp³-hybridized carbons (Fsp3) is 0.240. The molecule has 1 amide bonds. The summed E-state index contributed by atoms with van der Waals surface area (Å²) in [7, 11) is 0. The standard InChI is InChI=1S/C25H23ClN4O/c1-18-11-13-29(14-12-18)25(31)20(16-27)15-21-17-30(23-5-3-2-4-6-23)28-24(21)19-7-9-22(26)10-8-19/h2-10,15,17-18H,11-14H2,1H3/b20-15-. The number of likely N-dealkylation sites (tertiary alicyclic amines) is 1. The summed E-state index contributed by atoms with van der Waals surface area (Å²) < 4.78 is 1.76. The van der Waals surface area contributed by atoms with Gasteiger partial charge in [-0.05, 0) is 49.1 Å². The van der Waals surface area contributed by atoms with Crippen molar-refractivity contribution in [3.63, 3.8) is 0 Å². The van der Waals surface area contributed by atoms with E-state index in [1.54, 1.807) is 27.8 Å². The highest BCUT2D eigenvalue weighted by molar-refractivity contribution is 6.30. The molecule has 6 heteroatoms. The molecule has 0 aliphatic carbocycles. The molecule has 1 aliphatic heterocycles. The molecule has 0 radical (unpaired) electrons. The van der Waals surface area contributed by atoms with E-state index in [2.05, 4.69) is 13.0 Å². The number of nitriles is 1. The molecule has 2 heterocycles. The molecule has 0 bridgehead atoms. The van der Waals surface area contributed by atoms with Gasteiger partial charge >= 0.3 is 0 Å².